The minimum absolute atomic E-state index is 0.308. The Bertz CT molecular complexity index is 1560. The minimum Gasteiger partial charge on any atom is -0.379 e. The Morgan fingerprint density at radius 2 is 1.91 bits per heavy atom. The van der Waals surface area contributed by atoms with Crippen LogP contribution in [0, 0.1) is 0 Å². The summed E-state index contributed by atoms with van der Waals surface area (Å²) in [5.74, 6) is -3.20. The predicted molar refractivity (Wildman–Crippen MR) is 165 cm³/mol. The number of hydrogen-bond donors (Lipinski definition) is 2. The van der Waals surface area contributed by atoms with Crippen LogP contribution in [0.4, 0.5) is 26.0 Å². The van der Waals surface area contributed by atoms with E-state index in [1.165, 1.54) is 6.33 Å². The van der Waals surface area contributed by atoms with Gasteiger partial charge in [0.15, 0.2) is 0 Å². The number of benzene rings is 2. The summed E-state index contributed by atoms with van der Waals surface area (Å²) < 4.78 is 34.1. The fourth-order valence-electron chi connectivity index (χ4n) is 4.85. The molecule has 2 N–H and O–H groups in total. The highest BCUT2D eigenvalue weighted by atomic mass is 35.5. The molecule has 0 aliphatic carbocycles. The standard InChI is InChI=1S/C32H33ClF2N6O2/c33-28-20-26(6-5-24(28)18-23-4-3-12-36-21-23)40-31-27-19-25(7-8-29(27)37-22-38-31)39-30(42)9-11-32(34,35)10-1-2-13-41-14-16-43-17-15-41/h3-9,11-12,19-22H,1-2,10,13-18H2,(H,39,42)(H,37,38,40). The van der Waals surface area contributed by atoms with Gasteiger partial charge in [-0.25, -0.2) is 18.7 Å². The van der Waals surface area contributed by atoms with Gasteiger partial charge >= 0.3 is 0 Å². The van der Waals surface area contributed by atoms with Gasteiger partial charge in [-0.1, -0.05) is 23.7 Å². The van der Waals surface area contributed by atoms with Crippen LogP contribution in [-0.2, 0) is 16.0 Å². The number of pyridine rings is 1. The number of carbonyl (C=O) groups excluding carboxylic acids is 1. The lowest BCUT2D eigenvalue weighted by molar-refractivity contribution is -0.112. The van der Waals surface area contributed by atoms with Crippen molar-refractivity contribution in [3.8, 4) is 0 Å². The van der Waals surface area contributed by atoms with E-state index in [4.69, 9.17) is 16.3 Å². The lowest BCUT2D eigenvalue weighted by Gasteiger charge is -2.26. The van der Waals surface area contributed by atoms with E-state index < -0.39 is 11.8 Å². The van der Waals surface area contributed by atoms with Gasteiger partial charge in [0, 0.05) is 66.2 Å². The van der Waals surface area contributed by atoms with Gasteiger partial charge in [0.05, 0.1) is 18.7 Å². The summed E-state index contributed by atoms with van der Waals surface area (Å²) in [5.41, 5.74) is 3.82. The van der Waals surface area contributed by atoms with Crippen molar-refractivity contribution in [2.75, 3.05) is 43.5 Å². The van der Waals surface area contributed by atoms with Crippen LogP contribution in [0.25, 0.3) is 10.9 Å². The number of carbonyl (C=O) groups is 1. The monoisotopic (exact) mass is 606 g/mol. The molecule has 1 amide bonds. The molecule has 2 aromatic heterocycles. The minimum atomic E-state index is -3.06. The average Bonchev–Trinajstić information content (AvgIpc) is 3.01. The maximum atomic E-state index is 14.4. The van der Waals surface area contributed by atoms with E-state index >= 15 is 0 Å². The number of morpholine rings is 1. The maximum absolute atomic E-state index is 14.4. The topological polar surface area (TPSA) is 92.3 Å². The third-order valence-electron chi connectivity index (χ3n) is 7.15. The molecule has 0 atom stereocenters. The number of fused-ring (bicyclic) bond motifs is 1. The number of alkyl halides is 2. The molecule has 0 saturated carbocycles. The number of unbranched alkanes of at least 4 members (excludes halogenated alkanes) is 1. The predicted octanol–water partition coefficient (Wildman–Crippen LogP) is 6.65. The van der Waals surface area contributed by atoms with Crippen LogP contribution in [0.15, 0.2) is 79.4 Å². The van der Waals surface area contributed by atoms with Crippen LogP contribution < -0.4 is 10.6 Å². The molecular weight excluding hydrogens is 574 g/mol. The van der Waals surface area contributed by atoms with Crippen molar-refractivity contribution in [1.82, 2.24) is 19.9 Å². The molecule has 8 nitrogen and oxygen atoms in total. The molecule has 1 aliphatic rings. The smallest absolute Gasteiger partial charge is 0.266 e. The van der Waals surface area contributed by atoms with Gasteiger partial charge in [0.2, 0.25) is 5.91 Å². The molecule has 0 bridgehead atoms. The van der Waals surface area contributed by atoms with Crippen LogP contribution in [-0.4, -0.2) is 64.5 Å². The van der Waals surface area contributed by atoms with Crippen LogP contribution in [0.5, 0.6) is 0 Å². The van der Waals surface area contributed by atoms with Gasteiger partial charge in [-0.2, -0.15) is 0 Å². The first kappa shape index (κ1) is 30.5. The molecule has 1 saturated heterocycles. The lowest BCUT2D eigenvalue weighted by atomic mass is 10.1. The van der Waals surface area contributed by atoms with Gasteiger partial charge in [0.1, 0.15) is 12.1 Å². The Balaban J connectivity index is 1.19. The van der Waals surface area contributed by atoms with E-state index in [0.717, 1.165) is 42.5 Å². The summed E-state index contributed by atoms with van der Waals surface area (Å²) in [6.07, 6.45) is 7.93. The van der Waals surface area contributed by atoms with Crippen LogP contribution >= 0.6 is 11.6 Å². The Labute approximate surface area is 254 Å². The molecule has 0 spiro atoms. The van der Waals surface area contributed by atoms with Gasteiger partial charge in [-0.15, -0.1) is 0 Å². The molecule has 224 valence electrons. The van der Waals surface area contributed by atoms with Gasteiger partial charge in [0.25, 0.3) is 5.92 Å². The van der Waals surface area contributed by atoms with E-state index in [1.54, 1.807) is 24.4 Å². The third-order valence-corrected chi connectivity index (χ3v) is 7.50. The lowest BCUT2D eigenvalue weighted by Crippen LogP contribution is -2.36. The largest absolute Gasteiger partial charge is 0.379 e. The highest BCUT2D eigenvalue weighted by Gasteiger charge is 2.25. The van der Waals surface area contributed by atoms with Crippen molar-refractivity contribution >= 4 is 45.6 Å². The van der Waals surface area contributed by atoms with E-state index in [-0.39, 0.29) is 6.42 Å². The number of ether oxygens (including phenoxy) is 1. The zero-order valence-corrected chi connectivity index (χ0v) is 24.4. The van der Waals surface area contributed by atoms with E-state index in [1.807, 2.05) is 36.5 Å². The SMILES string of the molecule is O=C(C=CC(F)(F)CCCCN1CCOCC1)Nc1ccc2ncnc(Nc3ccc(Cc4cccnc4)c(Cl)c3)c2c1. The highest BCUT2D eigenvalue weighted by Crippen LogP contribution is 2.29. The molecule has 1 aliphatic heterocycles. The molecular formula is C32H33ClF2N6O2. The summed E-state index contributed by atoms with van der Waals surface area (Å²) in [4.78, 5) is 27.5. The second-order valence-electron chi connectivity index (χ2n) is 10.4. The number of halogens is 3. The molecule has 11 heteroatoms. The maximum Gasteiger partial charge on any atom is 0.266 e. The zero-order valence-electron chi connectivity index (χ0n) is 23.6. The molecule has 0 radical (unpaired) electrons. The van der Waals surface area contributed by atoms with E-state index in [0.29, 0.717) is 66.0 Å². The van der Waals surface area contributed by atoms with Crippen LogP contribution in [0.2, 0.25) is 5.02 Å². The van der Waals surface area contributed by atoms with Crippen molar-refractivity contribution in [2.24, 2.45) is 0 Å². The summed E-state index contributed by atoms with van der Waals surface area (Å²) in [6, 6.07) is 14.6. The number of aromatic nitrogens is 3. The molecule has 43 heavy (non-hydrogen) atoms. The number of nitrogens with one attached hydrogen (secondary N) is 2. The number of hydrogen-bond acceptors (Lipinski definition) is 7. The molecule has 4 aromatic rings. The fraction of sp³-hybridized carbons (Fsp3) is 0.312. The summed E-state index contributed by atoms with van der Waals surface area (Å²) >= 11 is 6.57. The number of rotatable bonds is 12. The van der Waals surface area contributed by atoms with E-state index in [9.17, 15) is 13.6 Å². The second kappa shape index (κ2) is 14.5. The van der Waals surface area contributed by atoms with Crippen molar-refractivity contribution in [3.05, 3.63) is 95.6 Å². The molecule has 2 aromatic carbocycles. The van der Waals surface area contributed by atoms with Crippen LogP contribution in [0.1, 0.15) is 30.4 Å². The Kier molecular flexibility index (Phi) is 10.2. The van der Waals surface area contributed by atoms with Crippen LogP contribution in [0.3, 0.4) is 0 Å². The van der Waals surface area contributed by atoms with Crippen molar-refractivity contribution in [2.45, 2.75) is 31.6 Å². The number of nitrogens with zero attached hydrogens (tertiary/aromatic N) is 4. The summed E-state index contributed by atoms with van der Waals surface area (Å²) in [7, 11) is 0. The van der Waals surface area contributed by atoms with Crippen molar-refractivity contribution in [3.63, 3.8) is 0 Å². The number of allylic oxidation sites excluding steroid dienone is 1. The molecule has 1 fully saturated rings. The summed E-state index contributed by atoms with van der Waals surface area (Å²) in [5, 5.41) is 7.17. The second-order valence-corrected chi connectivity index (χ2v) is 10.8. The Morgan fingerprint density at radius 3 is 2.70 bits per heavy atom. The molecule has 0 unspecified atom stereocenters. The first-order chi connectivity index (χ1) is 20.8. The average molecular weight is 607 g/mol. The summed E-state index contributed by atoms with van der Waals surface area (Å²) in [6.45, 7) is 3.82. The van der Waals surface area contributed by atoms with Crippen molar-refractivity contribution < 1.29 is 18.3 Å². The number of anilines is 3. The molecule has 5 rings (SSSR count). The zero-order chi connectivity index (χ0) is 30.1. The first-order valence-corrected chi connectivity index (χ1v) is 14.6. The highest BCUT2D eigenvalue weighted by molar-refractivity contribution is 6.31. The molecule has 3 heterocycles. The third kappa shape index (κ3) is 9.00. The Morgan fingerprint density at radius 1 is 1.07 bits per heavy atom. The first-order valence-electron chi connectivity index (χ1n) is 14.2. The quantitative estimate of drug-likeness (QED) is 0.138. The van der Waals surface area contributed by atoms with Crippen molar-refractivity contribution in [1.29, 1.82) is 0 Å². The van der Waals surface area contributed by atoms with Gasteiger partial charge < -0.3 is 15.4 Å². The number of amides is 1. The van der Waals surface area contributed by atoms with E-state index in [2.05, 4.69) is 30.5 Å². The van der Waals surface area contributed by atoms with Gasteiger partial charge in [-0.05, 0) is 73.0 Å². The Hall–Kier alpha value is -3.99. The fourth-order valence-corrected chi connectivity index (χ4v) is 5.09. The normalized spacial score (nSPS) is 14.3. The van der Waals surface area contributed by atoms with Gasteiger partial charge in [-0.3, -0.25) is 14.7 Å².